The molecule has 2 rings (SSSR count). The third kappa shape index (κ3) is 7.38. The molecule has 0 fully saturated rings. The first-order valence-electron chi connectivity index (χ1n) is 8.54. The summed E-state index contributed by atoms with van der Waals surface area (Å²) in [5.74, 6) is -0.572. The van der Waals surface area contributed by atoms with Crippen molar-refractivity contribution in [3.8, 4) is 0 Å². The van der Waals surface area contributed by atoms with E-state index >= 15 is 0 Å². The number of carboxylic acid groups (broad SMARTS) is 1. The number of hydrogen-bond donors (Lipinski definition) is 1. The van der Waals surface area contributed by atoms with Gasteiger partial charge in [-0.1, -0.05) is 44.2 Å². The summed E-state index contributed by atoms with van der Waals surface area (Å²) in [5.41, 5.74) is 1.85. The number of aromatic carboxylic acids is 1. The largest absolute Gasteiger partial charge is 0.478 e. The number of carbonyl (C=O) groups is 2. The van der Waals surface area contributed by atoms with Crippen molar-refractivity contribution in [2.24, 2.45) is 5.92 Å². The Morgan fingerprint density at radius 2 is 1.58 bits per heavy atom. The summed E-state index contributed by atoms with van der Waals surface area (Å²) in [6, 6.07) is 15.8. The van der Waals surface area contributed by atoms with Gasteiger partial charge in [0.2, 0.25) is 0 Å². The van der Waals surface area contributed by atoms with Gasteiger partial charge in [0.1, 0.15) is 0 Å². The van der Waals surface area contributed by atoms with Crippen LogP contribution in [-0.2, 0) is 4.74 Å². The second-order valence-electron chi connectivity index (χ2n) is 6.40. The quantitative estimate of drug-likeness (QED) is 0.779. The molecule has 0 radical (unpaired) electrons. The lowest BCUT2D eigenvalue weighted by atomic mass is 10.1. The van der Waals surface area contributed by atoms with Crippen molar-refractivity contribution in [3.63, 3.8) is 0 Å². The van der Waals surface area contributed by atoms with Gasteiger partial charge in [-0.2, -0.15) is 0 Å². The van der Waals surface area contributed by atoms with Crippen LogP contribution in [0.4, 0.5) is 5.69 Å². The Labute approximate surface area is 155 Å². The fraction of sp³-hybridized carbons (Fsp3) is 0.333. The lowest BCUT2D eigenvalue weighted by molar-refractivity contribution is 0.0488. The summed E-state index contributed by atoms with van der Waals surface area (Å²) in [6.07, 6.45) is 0.899. The number of ether oxygens (including phenoxy) is 1. The summed E-state index contributed by atoms with van der Waals surface area (Å²) >= 11 is 0. The molecule has 0 atom stereocenters. The molecule has 0 unspecified atom stereocenters. The van der Waals surface area contributed by atoms with E-state index in [-0.39, 0.29) is 5.97 Å². The van der Waals surface area contributed by atoms with Crippen LogP contribution in [0.15, 0.2) is 54.6 Å². The van der Waals surface area contributed by atoms with E-state index in [4.69, 9.17) is 9.84 Å². The second kappa shape index (κ2) is 10.9. The Morgan fingerprint density at radius 1 is 1.00 bits per heavy atom. The summed E-state index contributed by atoms with van der Waals surface area (Å²) in [5, 5.41) is 8.38. The average Bonchev–Trinajstić information content (AvgIpc) is 2.62. The van der Waals surface area contributed by atoms with E-state index < -0.39 is 5.97 Å². The Balaban J connectivity index is 0.000000314. The number of rotatable bonds is 6. The van der Waals surface area contributed by atoms with Gasteiger partial charge < -0.3 is 14.7 Å². The first-order valence-corrected chi connectivity index (χ1v) is 8.54. The monoisotopic (exact) mass is 357 g/mol. The van der Waals surface area contributed by atoms with Crippen molar-refractivity contribution < 1.29 is 19.4 Å². The highest BCUT2D eigenvalue weighted by Gasteiger charge is 2.13. The molecule has 5 nitrogen and oxygen atoms in total. The fourth-order valence-corrected chi connectivity index (χ4v) is 2.08. The van der Waals surface area contributed by atoms with E-state index in [1.807, 2.05) is 37.2 Å². The highest BCUT2D eigenvalue weighted by Crippen LogP contribution is 2.19. The molecule has 0 saturated carbocycles. The lowest BCUT2D eigenvalue weighted by Gasteiger charge is -2.16. The van der Waals surface area contributed by atoms with E-state index in [1.165, 1.54) is 0 Å². The molecule has 0 saturated heterocycles. The number of carboxylic acids is 1. The minimum absolute atomic E-state index is 0.241. The van der Waals surface area contributed by atoms with Crippen LogP contribution in [0, 0.1) is 5.92 Å². The Morgan fingerprint density at radius 3 is 2.08 bits per heavy atom. The molecule has 0 heterocycles. The van der Waals surface area contributed by atoms with Gasteiger partial charge in [0, 0.05) is 14.1 Å². The van der Waals surface area contributed by atoms with Gasteiger partial charge in [-0.25, -0.2) is 9.59 Å². The van der Waals surface area contributed by atoms with Gasteiger partial charge in [0.15, 0.2) is 0 Å². The van der Waals surface area contributed by atoms with E-state index in [9.17, 15) is 9.59 Å². The maximum atomic E-state index is 11.9. The molecule has 0 amide bonds. The van der Waals surface area contributed by atoms with Crippen LogP contribution in [-0.4, -0.2) is 37.7 Å². The van der Waals surface area contributed by atoms with Crippen molar-refractivity contribution in [1.29, 1.82) is 0 Å². The average molecular weight is 357 g/mol. The standard InChI is InChI=1S/C14H21NO2.C7H6O2/c1-11(2)9-10-17-14(16)12-7-5-6-8-13(12)15(3)4;8-7(9)6-4-2-1-3-5-6/h5-8,11H,9-10H2,1-4H3;1-5H,(H,8,9). The van der Waals surface area contributed by atoms with Crippen molar-refractivity contribution in [1.82, 2.24) is 0 Å². The van der Waals surface area contributed by atoms with Crippen molar-refractivity contribution in [2.75, 3.05) is 25.6 Å². The zero-order chi connectivity index (χ0) is 19.5. The Kier molecular flexibility index (Phi) is 8.92. The van der Waals surface area contributed by atoms with E-state index in [1.54, 1.807) is 36.4 Å². The molecular weight excluding hydrogens is 330 g/mol. The highest BCUT2D eigenvalue weighted by atomic mass is 16.5. The third-order valence-corrected chi connectivity index (χ3v) is 3.55. The van der Waals surface area contributed by atoms with Crippen molar-refractivity contribution >= 4 is 17.6 Å². The van der Waals surface area contributed by atoms with Crippen molar-refractivity contribution in [3.05, 3.63) is 65.7 Å². The number of para-hydroxylation sites is 1. The van der Waals surface area contributed by atoms with Gasteiger partial charge in [-0.05, 0) is 36.6 Å². The summed E-state index contributed by atoms with van der Waals surface area (Å²) in [7, 11) is 3.83. The van der Waals surface area contributed by atoms with Crippen LogP contribution in [0.2, 0.25) is 0 Å². The molecule has 0 aliphatic rings. The zero-order valence-corrected chi connectivity index (χ0v) is 15.8. The summed E-state index contributed by atoms with van der Waals surface area (Å²) < 4.78 is 5.26. The van der Waals surface area contributed by atoms with Gasteiger partial charge in [-0.15, -0.1) is 0 Å². The molecule has 140 valence electrons. The van der Waals surface area contributed by atoms with Gasteiger partial charge in [0.05, 0.1) is 23.4 Å². The van der Waals surface area contributed by atoms with Crippen LogP contribution < -0.4 is 4.90 Å². The molecule has 0 aromatic heterocycles. The van der Waals surface area contributed by atoms with Crippen LogP contribution in [0.5, 0.6) is 0 Å². The van der Waals surface area contributed by atoms with Crippen LogP contribution in [0.25, 0.3) is 0 Å². The second-order valence-corrected chi connectivity index (χ2v) is 6.40. The minimum atomic E-state index is -0.879. The van der Waals surface area contributed by atoms with Crippen molar-refractivity contribution in [2.45, 2.75) is 20.3 Å². The highest BCUT2D eigenvalue weighted by molar-refractivity contribution is 5.95. The molecule has 0 spiro atoms. The summed E-state index contributed by atoms with van der Waals surface area (Å²) in [4.78, 5) is 24.0. The Bertz CT molecular complexity index is 696. The molecule has 1 N–H and O–H groups in total. The predicted octanol–water partition coefficient (Wildman–Crippen LogP) is 4.34. The lowest BCUT2D eigenvalue weighted by Crippen LogP contribution is -2.16. The predicted molar refractivity (Wildman–Crippen MR) is 104 cm³/mol. The molecule has 26 heavy (non-hydrogen) atoms. The Hall–Kier alpha value is -2.82. The SMILES string of the molecule is CC(C)CCOC(=O)c1ccccc1N(C)C.O=C(O)c1ccccc1. The van der Waals surface area contributed by atoms with E-state index in [2.05, 4.69) is 13.8 Å². The number of esters is 1. The smallest absolute Gasteiger partial charge is 0.340 e. The maximum Gasteiger partial charge on any atom is 0.340 e. The fourth-order valence-electron chi connectivity index (χ4n) is 2.08. The first-order chi connectivity index (χ1) is 12.3. The summed E-state index contributed by atoms with van der Waals surface area (Å²) in [6.45, 7) is 4.71. The van der Waals surface area contributed by atoms with Crippen LogP contribution >= 0.6 is 0 Å². The van der Waals surface area contributed by atoms with Gasteiger partial charge in [-0.3, -0.25) is 0 Å². The number of benzene rings is 2. The molecule has 0 bridgehead atoms. The normalized spacial score (nSPS) is 9.88. The van der Waals surface area contributed by atoms with E-state index in [0.29, 0.717) is 23.7 Å². The molecule has 5 heteroatoms. The molecular formula is C21H27NO4. The maximum absolute atomic E-state index is 11.9. The minimum Gasteiger partial charge on any atom is -0.478 e. The third-order valence-electron chi connectivity index (χ3n) is 3.55. The topological polar surface area (TPSA) is 66.8 Å². The number of anilines is 1. The van der Waals surface area contributed by atoms with E-state index in [0.717, 1.165) is 12.1 Å². The number of hydrogen-bond acceptors (Lipinski definition) is 4. The van der Waals surface area contributed by atoms with Crippen LogP contribution in [0.3, 0.4) is 0 Å². The van der Waals surface area contributed by atoms with Gasteiger partial charge in [0.25, 0.3) is 0 Å². The number of nitrogens with zero attached hydrogens (tertiary/aromatic N) is 1. The first kappa shape index (κ1) is 21.2. The van der Waals surface area contributed by atoms with Gasteiger partial charge >= 0.3 is 11.9 Å². The zero-order valence-electron chi connectivity index (χ0n) is 15.8. The van der Waals surface area contributed by atoms with Crippen LogP contribution in [0.1, 0.15) is 41.0 Å². The molecule has 2 aromatic rings. The molecule has 0 aliphatic heterocycles. The molecule has 2 aromatic carbocycles. The number of carbonyl (C=O) groups excluding carboxylic acids is 1. The molecule has 0 aliphatic carbocycles.